The number of carbonyl (C=O) groups is 4. The molecule has 4 aliphatic heterocycles. The predicted molar refractivity (Wildman–Crippen MR) is 125 cm³/mol. The minimum Gasteiger partial charge on any atom is -0.369 e. The highest BCUT2D eigenvalue weighted by Crippen LogP contribution is 2.39. The van der Waals surface area contributed by atoms with Crippen molar-refractivity contribution in [2.75, 3.05) is 50.7 Å². The van der Waals surface area contributed by atoms with E-state index in [0.717, 1.165) is 64.3 Å². The number of piperidine rings is 2. The van der Waals surface area contributed by atoms with E-state index in [1.807, 2.05) is 6.07 Å². The zero-order valence-electron chi connectivity index (χ0n) is 19.1. The van der Waals surface area contributed by atoms with Crippen LogP contribution in [0.3, 0.4) is 0 Å². The summed E-state index contributed by atoms with van der Waals surface area (Å²) < 4.78 is 0. The Labute approximate surface area is 198 Å². The van der Waals surface area contributed by atoms with E-state index in [1.54, 1.807) is 6.07 Å². The van der Waals surface area contributed by atoms with Crippen LogP contribution in [0.1, 0.15) is 57.9 Å². The average molecular weight is 464 g/mol. The fraction of sp³-hybridized carbons (Fsp3) is 0.520. The molecule has 0 bridgehead atoms. The average Bonchev–Trinajstić information content (AvgIpc) is 3.13. The van der Waals surface area contributed by atoms with Gasteiger partial charge in [-0.1, -0.05) is 11.8 Å². The molecule has 4 aliphatic rings. The van der Waals surface area contributed by atoms with Gasteiger partial charge in [-0.15, -0.1) is 0 Å². The highest BCUT2D eigenvalue weighted by Gasteiger charge is 2.39. The summed E-state index contributed by atoms with van der Waals surface area (Å²) in [5.74, 6) is 4.96. The van der Waals surface area contributed by atoms with Crippen LogP contribution in [0.4, 0.5) is 5.69 Å². The maximum atomic E-state index is 12.7. The molecule has 1 atom stereocenters. The first kappa shape index (κ1) is 22.6. The predicted octanol–water partition coefficient (Wildman–Crippen LogP) is 0.215. The minimum atomic E-state index is -0.645. The van der Waals surface area contributed by atoms with Crippen LogP contribution in [-0.2, 0) is 9.59 Å². The molecular weight excluding hydrogens is 434 g/mol. The summed E-state index contributed by atoms with van der Waals surface area (Å²) in [4.78, 5) is 53.9. The van der Waals surface area contributed by atoms with Crippen molar-refractivity contribution >= 4 is 29.3 Å². The standard InChI is InChI=1S/C25H29N5O4/c31-20-6-4-17(23(32)27-20)21-19(5-3-18-22(21)25(34)28-24(18)33)30-14-12-29(13-15-30)11-1-2-16-7-9-26-10-8-16/h3,5,16-17,26H,4,6-15H2,(H,27,31,32)(H,28,33,34). The molecule has 1 unspecified atom stereocenters. The molecule has 1 aromatic carbocycles. The maximum Gasteiger partial charge on any atom is 0.259 e. The normalized spacial score (nSPS) is 23.8. The van der Waals surface area contributed by atoms with Gasteiger partial charge in [0, 0.05) is 49.8 Å². The van der Waals surface area contributed by atoms with E-state index in [1.165, 1.54) is 0 Å². The number of nitrogens with one attached hydrogen (secondary N) is 3. The first-order chi connectivity index (χ1) is 16.5. The third kappa shape index (κ3) is 4.43. The summed E-state index contributed by atoms with van der Waals surface area (Å²) in [7, 11) is 0. The van der Waals surface area contributed by atoms with Crippen LogP contribution in [0, 0.1) is 17.8 Å². The van der Waals surface area contributed by atoms with Gasteiger partial charge in [0.25, 0.3) is 11.8 Å². The number of carbonyl (C=O) groups excluding carboxylic acids is 4. The topological polar surface area (TPSA) is 111 Å². The third-order valence-electron chi connectivity index (χ3n) is 7.17. The van der Waals surface area contributed by atoms with Crippen LogP contribution in [0.5, 0.6) is 0 Å². The van der Waals surface area contributed by atoms with Crippen molar-refractivity contribution in [1.82, 2.24) is 20.9 Å². The maximum absolute atomic E-state index is 12.7. The lowest BCUT2D eigenvalue weighted by Crippen LogP contribution is -2.47. The van der Waals surface area contributed by atoms with Crippen LogP contribution in [0.25, 0.3) is 0 Å². The molecule has 0 spiro atoms. The molecule has 0 aliphatic carbocycles. The quantitative estimate of drug-likeness (QED) is 0.434. The van der Waals surface area contributed by atoms with Gasteiger partial charge in [0.05, 0.1) is 23.6 Å². The van der Waals surface area contributed by atoms with Crippen molar-refractivity contribution in [2.45, 2.75) is 31.6 Å². The Morgan fingerprint density at radius 1 is 0.912 bits per heavy atom. The second-order valence-corrected chi connectivity index (χ2v) is 9.32. The zero-order valence-corrected chi connectivity index (χ0v) is 19.1. The van der Waals surface area contributed by atoms with E-state index in [2.05, 4.69) is 37.6 Å². The summed E-state index contributed by atoms with van der Waals surface area (Å²) >= 11 is 0. The molecule has 5 rings (SSSR count). The van der Waals surface area contributed by atoms with E-state index in [0.29, 0.717) is 23.5 Å². The fourth-order valence-corrected chi connectivity index (χ4v) is 5.29. The van der Waals surface area contributed by atoms with Crippen molar-refractivity contribution in [2.24, 2.45) is 5.92 Å². The molecule has 34 heavy (non-hydrogen) atoms. The van der Waals surface area contributed by atoms with E-state index in [9.17, 15) is 19.2 Å². The Hall–Kier alpha value is -3.22. The van der Waals surface area contributed by atoms with Crippen molar-refractivity contribution in [3.8, 4) is 11.8 Å². The van der Waals surface area contributed by atoms with E-state index < -0.39 is 23.6 Å². The van der Waals surface area contributed by atoms with Gasteiger partial charge < -0.3 is 10.2 Å². The van der Waals surface area contributed by atoms with Gasteiger partial charge in [0.15, 0.2) is 0 Å². The molecule has 178 valence electrons. The number of nitrogens with zero attached hydrogens (tertiary/aromatic N) is 2. The minimum absolute atomic E-state index is 0.207. The fourth-order valence-electron chi connectivity index (χ4n) is 5.29. The molecule has 9 nitrogen and oxygen atoms in total. The Kier molecular flexibility index (Phi) is 6.35. The second-order valence-electron chi connectivity index (χ2n) is 9.32. The molecule has 1 aromatic rings. The van der Waals surface area contributed by atoms with Crippen LogP contribution < -0.4 is 20.9 Å². The van der Waals surface area contributed by atoms with Gasteiger partial charge in [-0.25, -0.2) is 0 Å². The molecule has 4 heterocycles. The number of rotatable bonds is 3. The number of anilines is 1. The summed E-state index contributed by atoms with van der Waals surface area (Å²) in [6, 6.07) is 3.50. The van der Waals surface area contributed by atoms with Gasteiger partial charge in [0.1, 0.15) is 0 Å². The highest BCUT2D eigenvalue weighted by atomic mass is 16.2. The van der Waals surface area contributed by atoms with Crippen molar-refractivity contribution < 1.29 is 19.2 Å². The number of amides is 4. The van der Waals surface area contributed by atoms with Gasteiger partial charge in [0.2, 0.25) is 11.8 Å². The van der Waals surface area contributed by atoms with Crippen LogP contribution in [-0.4, -0.2) is 74.3 Å². The van der Waals surface area contributed by atoms with Gasteiger partial charge >= 0.3 is 0 Å². The number of fused-ring (bicyclic) bond motifs is 1. The van der Waals surface area contributed by atoms with E-state index in [4.69, 9.17) is 0 Å². The van der Waals surface area contributed by atoms with Crippen molar-refractivity contribution in [3.63, 3.8) is 0 Å². The first-order valence-corrected chi connectivity index (χ1v) is 12.0. The molecule has 9 heteroatoms. The number of imide groups is 2. The second kappa shape index (κ2) is 9.57. The van der Waals surface area contributed by atoms with Gasteiger partial charge in [-0.3, -0.25) is 34.7 Å². The summed E-state index contributed by atoms with van der Waals surface area (Å²) in [5.41, 5.74) is 1.91. The van der Waals surface area contributed by atoms with E-state index in [-0.39, 0.29) is 17.9 Å². The molecule has 0 radical (unpaired) electrons. The molecule has 4 amide bonds. The summed E-state index contributed by atoms with van der Waals surface area (Å²) in [6.45, 7) is 5.90. The van der Waals surface area contributed by atoms with Crippen LogP contribution >= 0.6 is 0 Å². The molecule has 3 N–H and O–H groups in total. The number of benzene rings is 1. The zero-order chi connectivity index (χ0) is 23.7. The lowest BCUT2D eigenvalue weighted by molar-refractivity contribution is -0.134. The monoisotopic (exact) mass is 463 g/mol. The molecule has 3 saturated heterocycles. The lowest BCUT2D eigenvalue weighted by atomic mass is 9.84. The van der Waals surface area contributed by atoms with E-state index >= 15 is 0 Å². The van der Waals surface area contributed by atoms with Gasteiger partial charge in [-0.05, 0) is 44.5 Å². The highest BCUT2D eigenvalue weighted by molar-refractivity contribution is 6.23. The third-order valence-corrected chi connectivity index (χ3v) is 7.17. The van der Waals surface area contributed by atoms with Crippen LogP contribution in [0.2, 0.25) is 0 Å². The molecular formula is C25H29N5O4. The van der Waals surface area contributed by atoms with Crippen LogP contribution in [0.15, 0.2) is 12.1 Å². The van der Waals surface area contributed by atoms with Crippen molar-refractivity contribution in [3.05, 3.63) is 28.8 Å². The lowest BCUT2D eigenvalue weighted by Gasteiger charge is -2.37. The molecule has 3 fully saturated rings. The Balaban J connectivity index is 1.34. The largest absolute Gasteiger partial charge is 0.369 e. The first-order valence-electron chi connectivity index (χ1n) is 12.0. The van der Waals surface area contributed by atoms with Crippen molar-refractivity contribution in [1.29, 1.82) is 0 Å². The number of hydrogen-bond donors (Lipinski definition) is 3. The Bertz CT molecular complexity index is 1090. The SMILES string of the molecule is O=C1CCC(c2c(N3CCN(CC#CC4CCNCC4)CC3)ccc3c2C(=O)NC3=O)C(=O)N1. The van der Waals surface area contributed by atoms with Gasteiger partial charge in [-0.2, -0.15) is 0 Å². The number of hydrogen-bond acceptors (Lipinski definition) is 7. The Morgan fingerprint density at radius 2 is 1.68 bits per heavy atom. The Morgan fingerprint density at radius 3 is 2.41 bits per heavy atom. The summed E-state index contributed by atoms with van der Waals surface area (Å²) in [6.07, 6.45) is 2.75. The smallest absolute Gasteiger partial charge is 0.259 e. The summed E-state index contributed by atoms with van der Waals surface area (Å²) in [5, 5.41) is 8.10. The molecule has 0 aromatic heterocycles. The number of piperazine rings is 1. The molecule has 0 saturated carbocycles.